The molecule has 2 aliphatic heterocycles. The van der Waals surface area contributed by atoms with E-state index in [0.717, 1.165) is 28.5 Å². The smallest absolute Gasteiger partial charge is 0.162 e. The molecule has 0 N–H and O–H groups in total. The number of para-hydroxylation sites is 1. The molecule has 0 amide bonds. The number of nitrogens with zero attached hydrogens (tertiary/aromatic N) is 5. The Balaban J connectivity index is 1.58. The van der Waals surface area contributed by atoms with E-state index in [2.05, 4.69) is 66.5 Å². The zero-order valence-electron chi connectivity index (χ0n) is 17.1. The molecule has 3 aromatic rings. The maximum Gasteiger partial charge on any atom is 0.162 e. The largest absolute Gasteiger partial charge is 0.336 e. The van der Waals surface area contributed by atoms with Gasteiger partial charge in [0.05, 0.1) is 6.20 Å². The molecule has 5 nitrogen and oxygen atoms in total. The molecule has 5 heteroatoms. The summed E-state index contributed by atoms with van der Waals surface area (Å²) >= 11 is 0. The molecule has 0 saturated heterocycles. The molecule has 6 rings (SSSR count). The van der Waals surface area contributed by atoms with Gasteiger partial charge in [-0.3, -0.25) is 4.98 Å². The Morgan fingerprint density at radius 3 is 2.66 bits per heavy atom. The monoisotopic (exact) mass is 381 g/mol. The number of benzene rings is 1. The van der Waals surface area contributed by atoms with Gasteiger partial charge in [0.25, 0.3) is 0 Å². The molecule has 3 atom stereocenters. The lowest BCUT2D eigenvalue weighted by molar-refractivity contribution is 0.370. The van der Waals surface area contributed by atoms with Gasteiger partial charge in [0.15, 0.2) is 11.6 Å². The summed E-state index contributed by atoms with van der Waals surface area (Å²) < 4.78 is 0. The van der Waals surface area contributed by atoms with Gasteiger partial charge in [-0.2, -0.15) is 0 Å². The van der Waals surface area contributed by atoms with Crippen LogP contribution in [0.2, 0.25) is 0 Å². The predicted molar refractivity (Wildman–Crippen MR) is 115 cm³/mol. The number of hydrogen-bond acceptors (Lipinski definition) is 5. The lowest BCUT2D eigenvalue weighted by atomic mass is 9.81. The number of hydrogen-bond donors (Lipinski definition) is 0. The highest BCUT2D eigenvalue weighted by Crippen LogP contribution is 2.76. The Kier molecular flexibility index (Phi) is 2.90. The number of fused-ring (bicyclic) bond motifs is 8. The third-order valence-corrected chi connectivity index (χ3v) is 7.64. The van der Waals surface area contributed by atoms with E-state index in [-0.39, 0.29) is 17.0 Å². The molecule has 29 heavy (non-hydrogen) atoms. The van der Waals surface area contributed by atoms with E-state index < -0.39 is 0 Å². The number of aryl methyl sites for hydroxylation is 1. The molecule has 1 aromatic carbocycles. The van der Waals surface area contributed by atoms with E-state index in [0.29, 0.717) is 0 Å². The Morgan fingerprint density at radius 1 is 1.07 bits per heavy atom. The van der Waals surface area contributed by atoms with Crippen LogP contribution in [0.15, 0.2) is 61.1 Å². The van der Waals surface area contributed by atoms with Gasteiger partial charge in [-0.15, -0.1) is 0 Å². The molecular weight excluding hydrogens is 358 g/mol. The Labute approximate surface area is 170 Å². The molecule has 3 aliphatic rings. The number of rotatable bonds is 1. The first-order valence-electron chi connectivity index (χ1n) is 10.00. The second-order valence-corrected chi connectivity index (χ2v) is 8.77. The summed E-state index contributed by atoms with van der Waals surface area (Å²) in [7, 11) is 2.14. The quantitative estimate of drug-likeness (QED) is 0.576. The van der Waals surface area contributed by atoms with Crippen LogP contribution in [0, 0.1) is 12.3 Å². The van der Waals surface area contributed by atoms with Gasteiger partial charge >= 0.3 is 0 Å². The third-order valence-electron chi connectivity index (χ3n) is 7.64. The second-order valence-electron chi connectivity index (χ2n) is 8.77. The van der Waals surface area contributed by atoms with Crippen molar-refractivity contribution in [1.82, 2.24) is 15.0 Å². The topological polar surface area (TPSA) is 45.2 Å². The van der Waals surface area contributed by atoms with Crippen LogP contribution in [-0.2, 0) is 5.41 Å². The molecule has 0 spiro atoms. The van der Waals surface area contributed by atoms with Crippen molar-refractivity contribution in [3.63, 3.8) is 0 Å². The highest BCUT2D eigenvalue weighted by atomic mass is 15.5. The van der Waals surface area contributed by atoms with Crippen LogP contribution in [0.3, 0.4) is 0 Å². The standard InChI is InChI=1S/C24H23N5/c1-14-12-25-11-10-16(14)20-26-13-19-21(27-20)28(5)22-24(4)15(2)23(24,3)17-8-6-7-9-18(17)29(19)22/h6-13,22H,2H2,1,3-5H3. The maximum absolute atomic E-state index is 5.01. The molecule has 144 valence electrons. The van der Waals surface area contributed by atoms with Crippen molar-refractivity contribution in [2.45, 2.75) is 32.4 Å². The molecule has 3 unspecified atom stereocenters. The zero-order valence-corrected chi connectivity index (χ0v) is 17.1. The molecule has 1 saturated carbocycles. The highest BCUT2D eigenvalue weighted by Gasteiger charge is 2.75. The van der Waals surface area contributed by atoms with Crippen LogP contribution in [0.5, 0.6) is 0 Å². The lowest BCUT2D eigenvalue weighted by Gasteiger charge is -2.42. The van der Waals surface area contributed by atoms with Gasteiger partial charge in [0.2, 0.25) is 0 Å². The fourth-order valence-corrected chi connectivity index (χ4v) is 5.74. The fourth-order valence-electron chi connectivity index (χ4n) is 5.74. The van der Waals surface area contributed by atoms with Crippen molar-refractivity contribution < 1.29 is 0 Å². The van der Waals surface area contributed by atoms with Crippen LogP contribution in [0.1, 0.15) is 25.0 Å². The van der Waals surface area contributed by atoms with Gasteiger partial charge in [-0.1, -0.05) is 44.2 Å². The second kappa shape index (κ2) is 5.03. The molecular formula is C24H23N5. The number of pyridine rings is 1. The van der Waals surface area contributed by atoms with Crippen molar-refractivity contribution in [2.24, 2.45) is 5.41 Å². The van der Waals surface area contributed by atoms with Crippen molar-refractivity contribution in [2.75, 3.05) is 16.8 Å². The van der Waals surface area contributed by atoms with E-state index in [4.69, 9.17) is 9.97 Å². The van der Waals surface area contributed by atoms with E-state index in [1.165, 1.54) is 16.8 Å². The summed E-state index contributed by atoms with van der Waals surface area (Å²) in [6, 6.07) is 10.7. The predicted octanol–water partition coefficient (Wildman–Crippen LogP) is 4.61. The summed E-state index contributed by atoms with van der Waals surface area (Å²) in [6.07, 6.45) is 5.77. The minimum atomic E-state index is -0.0381. The van der Waals surface area contributed by atoms with E-state index in [1.54, 1.807) is 6.20 Å². The van der Waals surface area contributed by atoms with E-state index >= 15 is 0 Å². The van der Waals surface area contributed by atoms with Crippen LogP contribution in [-0.4, -0.2) is 28.2 Å². The summed E-state index contributed by atoms with van der Waals surface area (Å²) in [4.78, 5) is 18.7. The Bertz CT molecular complexity index is 1220. The Hall–Kier alpha value is -3.21. The average Bonchev–Trinajstić information content (AvgIpc) is 3.03. The molecule has 0 bridgehead atoms. The third kappa shape index (κ3) is 1.71. The highest BCUT2D eigenvalue weighted by molar-refractivity contribution is 5.89. The molecule has 2 aromatic heterocycles. The number of anilines is 3. The maximum atomic E-state index is 5.01. The van der Waals surface area contributed by atoms with Gasteiger partial charge < -0.3 is 9.80 Å². The first kappa shape index (κ1) is 16.7. The van der Waals surface area contributed by atoms with Crippen molar-refractivity contribution >= 4 is 17.2 Å². The van der Waals surface area contributed by atoms with Crippen molar-refractivity contribution in [3.8, 4) is 11.4 Å². The summed E-state index contributed by atoms with van der Waals surface area (Å²) in [6.45, 7) is 11.2. The summed E-state index contributed by atoms with van der Waals surface area (Å²) in [5.41, 5.74) is 6.98. The van der Waals surface area contributed by atoms with E-state index in [9.17, 15) is 0 Å². The van der Waals surface area contributed by atoms with Crippen LogP contribution in [0.25, 0.3) is 11.4 Å². The minimum absolute atomic E-state index is 0.0149. The summed E-state index contributed by atoms with van der Waals surface area (Å²) in [5, 5.41) is 0. The lowest BCUT2D eigenvalue weighted by Crippen LogP contribution is -2.50. The molecule has 4 heterocycles. The van der Waals surface area contributed by atoms with Crippen molar-refractivity contribution in [1.29, 1.82) is 0 Å². The van der Waals surface area contributed by atoms with Crippen LogP contribution < -0.4 is 9.80 Å². The first-order chi connectivity index (χ1) is 13.9. The normalized spacial score (nSPS) is 28.6. The van der Waals surface area contributed by atoms with Gasteiger partial charge in [-0.25, -0.2) is 9.97 Å². The van der Waals surface area contributed by atoms with Gasteiger partial charge in [-0.05, 0) is 30.2 Å². The first-order valence-corrected chi connectivity index (χ1v) is 10.00. The fraction of sp³-hybridized carbons (Fsp3) is 0.292. The van der Waals surface area contributed by atoms with E-state index in [1.807, 2.05) is 25.4 Å². The summed E-state index contributed by atoms with van der Waals surface area (Å²) in [5.74, 6) is 1.71. The zero-order chi connectivity index (χ0) is 20.1. The minimum Gasteiger partial charge on any atom is -0.336 e. The molecule has 1 fully saturated rings. The SMILES string of the molecule is C=C1C2(C)c3ccccc3N3c4cnc(-c5ccncc5C)nc4N(C)C3C12C. The van der Waals surface area contributed by atoms with Crippen LogP contribution in [0.4, 0.5) is 17.2 Å². The Morgan fingerprint density at radius 2 is 1.86 bits per heavy atom. The molecule has 0 radical (unpaired) electrons. The molecule has 1 aliphatic carbocycles. The van der Waals surface area contributed by atoms with Gasteiger partial charge in [0, 0.05) is 41.5 Å². The van der Waals surface area contributed by atoms with Crippen LogP contribution >= 0.6 is 0 Å². The number of aromatic nitrogens is 3. The average molecular weight is 381 g/mol. The van der Waals surface area contributed by atoms with Gasteiger partial charge in [0.1, 0.15) is 11.9 Å². The van der Waals surface area contributed by atoms with Crippen molar-refractivity contribution in [3.05, 3.63) is 72.2 Å².